The number of carbonyl (C=O) groups excluding carboxylic acids is 2. The fourth-order valence-electron chi connectivity index (χ4n) is 1.64. The summed E-state index contributed by atoms with van der Waals surface area (Å²) in [7, 11) is 0. The summed E-state index contributed by atoms with van der Waals surface area (Å²) in [5.41, 5.74) is 1.59. The lowest BCUT2D eigenvalue weighted by molar-refractivity contribution is -0.134. The van der Waals surface area contributed by atoms with E-state index in [1.165, 1.54) is 0 Å². The van der Waals surface area contributed by atoms with Gasteiger partial charge in [-0.2, -0.15) is 0 Å². The number of ether oxygens (including phenoxy) is 1. The van der Waals surface area contributed by atoms with E-state index in [-0.39, 0.29) is 11.9 Å². The van der Waals surface area contributed by atoms with Gasteiger partial charge in [0.2, 0.25) is 5.91 Å². The van der Waals surface area contributed by atoms with Gasteiger partial charge < -0.3 is 4.74 Å². The minimum Gasteiger partial charge on any atom is -0.427 e. The van der Waals surface area contributed by atoms with Crippen LogP contribution in [0.25, 0.3) is 0 Å². The molecular formula is C14H19NO4. The highest BCUT2D eigenvalue weighted by molar-refractivity contribution is 5.74. The first-order valence-electron chi connectivity index (χ1n) is 6.41. The fourth-order valence-corrected chi connectivity index (χ4v) is 1.64. The first-order valence-corrected chi connectivity index (χ1v) is 6.41. The molecule has 1 aromatic rings. The van der Waals surface area contributed by atoms with Crippen molar-refractivity contribution >= 4 is 11.9 Å². The van der Waals surface area contributed by atoms with Crippen LogP contribution in [0.4, 0.5) is 0 Å². The normalized spacial score (nSPS) is 9.95. The number of carbonyl (C=O) groups is 2. The highest BCUT2D eigenvalue weighted by atomic mass is 16.5. The van der Waals surface area contributed by atoms with Crippen LogP contribution in [-0.4, -0.2) is 17.1 Å². The molecule has 0 bridgehead atoms. The van der Waals surface area contributed by atoms with Crippen molar-refractivity contribution in [3.05, 3.63) is 30.3 Å². The summed E-state index contributed by atoms with van der Waals surface area (Å²) >= 11 is 0. The Balaban J connectivity index is 2.03. The van der Waals surface area contributed by atoms with E-state index >= 15 is 0 Å². The lowest BCUT2D eigenvalue weighted by atomic mass is 10.1. The molecule has 19 heavy (non-hydrogen) atoms. The number of unbranched alkanes of at least 4 members (excludes halogenated alkanes) is 3. The van der Waals surface area contributed by atoms with E-state index in [0.717, 1.165) is 19.3 Å². The van der Waals surface area contributed by atoms with Crippen LogP contribution in [0.3, 0.4) is 0 Å². The van der Waals surface area contributed by atoms with Crippen molar-refractivity contribution in [2.45, 2.75) is 38.5 Å². The van der Waals surface area contributed by atoms with Crippen molar-refractivity contribution in [1.82, 2.24) is 5.48 Å². The molecule has 0 atom stereocenters. The molecule has 2 N–H and O–H groups in total. The number of benzene rings is 1. The average Bonchev–Trinajstić information content (AvgIpc) is 2.43. The summed E-state index contributed by atoms with van der Waals surface area (Å²) in [5.74, 6) is -0.0464. The number of para-hydroxylation sites is 1. The first-order chi connectivity index (χ1) is 9.22. The first kappa shape index (κ1) is 15.2. The van der Waals surface area contributed by atoms with Gasteiger partial charge in [-0.25, -0.2) is 5.48 Å². The summed E-state index contributed by atoms with van der Waals surface area (Å²) in [6.07, 6.45) is 3.85. The zero-order chi connectivity index (χ0) is 13.9. The summed E-state index contributed by atoms with van der Waals surface area (Å²) < 4.78 is 5.14. The Morgan fingerprint density at radius 3 is 2.26 bits per heavy atom. The van der Waals surface area contributed by atoms with Crippen LogP contribution in [0.5, 0.6) is 5.75 Å². The smallest absolute Gasteiger partial charge is 0.311 e. The number of amides is 1. The maximum absolute atomic E-state index is 11.5. The van der Waals surface area contributed by atoms with Gasteiger partial charge in [-0.3, -0.25) is 14.8 Å². The second-order valence-electron chi connectivity index (χ2n) is 4.24. The van der Waals surface area contributed by atoms with Crippen LogP contribution in [0.1, 0.15) is 38.5 Å². The number of hydroxylamine groups is 1. The Morgan fingerprint density at radius 2 is 1.63 bits per heavy atom. The minimum atomic E-state index is -0.372. The van der Waals surface area contributed by atoms with Gasteiger partial charge in [0.05, 0.1) is 0 Å². The van der Waals surface area contributed by atoms with Crippen molar-refractivity contribution in [2.75, 3.05) is 0 Å². The number of hydrogen-bond acceptors (Lipinski definition) is 4. The van der Waals surface area contributed by atoms with Crippen molar-refractivity contribution < 1.29 is 19.5 Å². The Morgan fingerprint density at radius 1 is 1.00 bits per heavy atom. The molecule has 104 valence electrons. The third-order valence-electron chi connectivity index (χ3n) is 2.63. The second kappa shape index (κ2) is 9.10. The Kier molecular flexibility index (Phi) is 7.27. The van der Waals surface area contributed by atoms with E-state index in [4.69, 9.17) is 9.94 Å². The topological polar surface area (TPSA) is 75.6 Å². The summed E-state index contributed by atoms with van der Waals surface area (Å²) in [6.45, 7) is 0. The summed E-state index contributed by atoms with van der Waals surface area (Å²) in [5, 5.41) is 8.29. The van der Waals surface area contributed by atoms with E-state index < -0.39 is 0 Å². The van der Waals surface area contributed by atoms with Crippen LogP contribution in [0, 0.1) is 0 Å². The summed E-state index contributed by atoms with van der Waals surface area (Å²) in [4.78, 5) is 22.2. The van der Waals surface area contributed by atoms with Crippen molar-refractivity contribution in [1.29, 1.82) is 0 Å². The summed E-state index contributed by atoms with van der Waals surface area (Å²) in [6, 6.07) is 8.97. The zero-order valence-corrected chi connectivity index (χ0v) is 10.8. The van der Waals surface area contributed by atoms with Gasteiger partial charge in [-0.1, -0.05) is 31.0 Å². The SMILES string of the molecule is O=C(CCCCCCC(=O)Oc1ccccc1)NO. The van der Waals surface area contributed by atoms with Crippen LogP contribution in [0.2, 0.25) is 0 Å². The molecule has 0 aliphatic carbocycles. The predicted molar refractivity (Wildman–Crippen MR) is 69.7 cm³/mol. The molecule has 1 aromatic carbocycles. The van der Waals surface area contributed by atoms with E-state index in [2.05, 4.69) is 0 Å². The van der Waals surface area contributed by atoms with Gasteiger partial charge in [0.1, 0.15) is 5.75 Å². The molecule has 1 amide bonds. The van der Waals surface area contributed by atoms with Crippen LogP contribution < -0.4 is 10.2 Å². The molecule has 0 aliphatic rings. The molecule has 0 heterocycles. The zero-order valence-electron chi connectivity index (χ0n) is 10.8. The second-order valence-corrected chi connectivity index (χ2v) is 4.24. The Labute approximate surface area is 112 Å². The molecular weight excluding hydrogens is 246 g/mol. The third kappa shape index (κ3) is 7.21. The van der Waals surface area contributed by atoms with Crippen molar-refractivity contribution in [2.24, 2.45) is 0 Å². The maximum atomic E-state index is 11.5. The molecule has 0 saturated heterocycles. The third-order valence-corrected chi connectivity index (χ3v) is 2.63. The molecule has 0 unspecified atom stereocenters. The number of nitrogens with one attached hydrogen (secondary N) is 1. The van der Waals surface area contributed by atoms with Gasteiger partial charge >= 0.3 is 5.97 Å². The van der Waals surface area contributed by atoms with Gasteiger partial charge in [-0.15, -0.1) is 0 Å². The molecule has 5 heteroatoms. The number of hydrogen-bond donors (Lipinski definition) is 2. The molecule has 0 aliphatic heterocycles. The Bertz CT molecular complexity index is 392. The van der Waals surface area contributed by atoms with Crippen molar-refractivity contribution in [3.63, 3.8) is 0 Å². The van der Waals surface area contributed by atoms with Crippen LogP contribution in [-0.2, 0) is 9.59 Å². The van der Waals surface area contributed by atoms with Gasteiger partial charge in [-0.05, 0) is 25.0 Å². The quantitative estimate of drug-likeness (QED) is 0.249. The fraction of sp³-hybridized carbons (Fsp3) is 0.429. The van der Waals surface area contributed by atoms with E-state index in [1.54, 1.807) is 17.6 Å². The Hall–Kier alpha value is -1.88. The molecule has 5 nitrogen and oxygen atoms in total. The van der Waals surface area contributed by atoms with Gasteiger partial charge in [0.25, 0.3) is 0 Å². The van der Waals surface area contributed by atoms with Crippen molar-refractivity contribution in [3.8, 4) is 5.75 Å². The molecule has 0 saturated carbocycles. The highest BCUT2D eigenvalue weighted by Gasteiger charge is 2.04. The lowest BCUT2D eigenvalue weighted by Gasteiger charge is -2.04. The average molecular weight is 265 g/mol. The molecule has 0 spiro atoms. The monoisotopic (exact) mass is 265 g/mol. The minimum absolute atomic E-state index is 0.237. The largest absolute Gasteiger partial charge is 0.427 e. The van der Waals surface area contributed by atoms with Crippen LogP contribution in [0.15, 0.2) is 30.3 Å². The number of rotatable bonds is 8. The highest BCUT2D eigenvalue weighted by Crippen LogP contribution is 2.11. The molecule has 0 radical (unpaired) electrons. The molecule has 1 rings (SSSR count). The maximum Gasteiger partial charge on any atom is 0.311 e. The van der Waals surface area contributed by atoms with E-state index in [0.29, 0.717) is 25.0 Å². The van der Waals surface area contributed by atoms with E-state index in [9.17, 15) is 9.59 Å². The lowest BCUT2D eigenvalue weighted by Crippen LogP contribution is -2.17. The molecule has 0 aromatic heterocycles. The molecule has 0 fully saturated rings. The van der Waals surface area contributed by atoms with Crippen LogP contribution >= 0.6 is 0 Å². The van der Waals surface area contributed by atoms with Gasteiger partial charge in [0, 0.05) is 12.8 Å². The standard InChI is InChI=1S/C14H19NO4/c16-13(15-18)10-6-1-2-7-11-14(17)19-12-8-4-3-5-9-12/h3-5,8-9,18H,1-2,6-7,10-11H2,(H,15,16). The number of esters is 1. The van der Waals surface area contributed by atoms with E-state index in [1.807, 2.05) is 18.2 Å². The van der Waals surface area contributed by atoms with Gasteiger partial charge in [0.15, 0.2) is 0 Å². The predicted octanol–water partition coefficient (Wildman–Crippen LogP) is 2.44.